The van der Waals surface area contributed by atoms with Gasteiger partial charge in [-0.2, -0.15) is 0 Å². The Bertz CT molecular complexity index is 162. The largest absolute Gasteiger partial charge is 0.393 e. The summed E-state index contributed by atoms with van der Waals surface area (Å²) in [6.07, 6.45) is 10.5. The minimum atomic E-state index is -0.158. The summed E-state index contributed by atoms with van der Waals surface area (Å²) in [6.45, 7) is 5.17. The molecule has 0 aromatic rings. The van der Waals surface area contributed by atoms with Crippen molar-refractivity contribution in [1.82, 2.24) is 5.32 Å². The van der Waals surface area contributed by atoms with Crippen LogP contribution in [-0.2, 0) is 0 Å². The maximum Gasteiger partial charge on any atom is 0.0515 e. The maximum absolute atomic E-state index is 9.31. The summed E-state index contributed by atoms with van der Waals surface area (Å²) in [6, 6.07) is 0.733. The predicted molar refractivity (Wildman–Crippen MR) is 69.6 cm³/mol. The highest BCUT2D eigenvalue weighted by atomic mass is 16.3. The summed E-state index contributed by atoms with van der Waals surface area (Å²) in [5.41, 5.74) is 0. The average molecular weight is 227 g/mol. The van der Waals surface area contributed by atoms with E-state index in [9.17, 15) is 5.11 Å². The summed E-state index contributed by atoms with van der Waals surface area (Å²) >= 11 is 0. The van der Waals surface area contributed by atoms with Crippen molar-refractivity contribution in [3.63, 3.8) is 0 Å². The fourth-order valence-corrected chi connectivity index (χ4v) is 2.69. The van der Waals surface area contributed by atoms with Crippen molar-refractivity contribution in [3.8, 4) is 0 Å². The van der Waals surface area contributed by atoms with Gasteiger partial charge >= 0.3 is 0 Å². The molecule has 0 bridgehead atoms. The fraction of sp³-hybridized carbons (Fsp3) is 1.00. The van der Waals surface area contributed by atoms with Gasteiger partial charge in [-0.1, -0.05) is 39.0 Å². The molecular weight excluding hydrogens is 198 g/mol. The third kappa shape index (κ3) is 6.49. The van der Waals surface area contributed by atoms with Crippen LogP contribution in [0, 0.1) is 5.92 Å². The van der Waals surface area contributed by atoms with Crippen LogP contribution < -0.4 is 5.32 Å². The standard InChI is InChI=1S/C14H29NO/c1-12(10-13(2)16)11-15-14-8-6-4-3-5-7-9-14/h12-16H,3-11H2,1-2H3. The summed E-state index contributed by atoms with van der Waals surface area (Å²) in [7, 11) is 0. The third-order valence-electron chi connectivity index (χ3n) is 3.60. The zero-order valence-corrected chi connectivity index (χ0v) is 11.0. The van der Waals surface area contributed by atoms with Crippen LogP contribution in [0.3, 0.4) is 0 Å². The Hall–Kier alpha value is -0.0800. The molecule has 0 aromatic heterocycles. The SMILES string of the molecule is CC(O)CC(C)CNC1CCCCCCC1. The van der Waals surface area contributed by atoms with Gasteiger partial charge in [-0.15, -0.1) is 0 Å². The minimum Gasteiger partial charge on any atom is -0.393 e. The van der Waals surface area contributed by atoms with Crippen molar-refractivity contribution in [2.24, 2.45) is 5.92 Å². The molecule has 0 spiro atoms. The van der Waals surface area contributed by atoms with E-state index in [-0.39, 0.29) is 6.10 Å². The van der Waals surface area contributed by atoms with Crippen molar-refractivity contribution in [2.75, 3.05) is 6.54 Å². The highest BCUT2D eigenvalue weighted by molar-refractivity contribution is 4.71. The first-order chi connectivity index (χ1) is 7.68. The van der Waals surface area contributed by atoms with Gasteiger partial charge in [-0.05, 0) is 38.6 Å². The first-order valence-corrected chi connectivity index (χ1v) is 7.10. The molecule has 2 N–H and O–H groups in total. The van der Waals surface area contributed by atoms with Gasteiger partial charge in [0.25, 0.3) is 0 Å². The molecule has 2 atom stereocenters. The van der Waals surface area contributed by atoms with E-state index in [0.717, 1.165) is 19.0 Å². The second kappa shape index (κ2) is 8.08. The Morgan fingerprint density at radius 2 is 1.62 bits per heavy atom. The normalized spacial score (nSPS) is 23.4. The molecule has 1 fully saturated rings. The van der Waals surface area contributed by atoms with Gasteiger partial charge in [0.1, 0.15) is 0 Å². The van der Waals surface area contributed by atoms with E-state index in [0.29, 0.717) is 5.92 Å². The molecule has 1 rings (SSSR count). The molecule has 0 aliphatic heterocycles. The molecule has 2 nitrogen and oxygen atoms in total. The van der Waals surface area contributed by atoms with E-state index in [1.165, 1.54) is 44.9 Å². The molecule has 2 heteroatoms. The van der Waals surface area contributed by atoms with Crippen molar-refractivity contribution in [3.05, 3.63) is 0 Å². The smallest absolute Gasteiger partial charge is 0.0515 e. The van der Waals surface area contributed by atoms with Gasteiger partial charge in [0, 0.05) is 6.04 Å². The molecule has 2 unspecified atom stereocenters. The van der Waals surface area contributed by atoms with E-state index in [2.05, 4.69) is 12.2 Å². The van der Waals surface area contributed by atoms with Gasteiger partial charge < -0.3 is 10.4 Å². The number of rotatable bonds is 5. The first kappa shape index (κ1) is 14.0. The van der Waals surface area contributed by atoms with E-state index < -0.39 is 0 Å². The van der Waals surface area contributed by atoms with E-state index in [1.54, 1.807) is 0 Å². The molecule has 0 amide bonds. The fourth-order valence-electron chi connectivity index (χ4n) is 2.69. The Labute approximate surface area is 101 Å². The zero-order valence-electron chi connectivity index (χ0n) is 11.0. The topological polar surface area (TPSA) is 32.3 Å². The Balaban J connectivity index is 2.14. The molecule has 0 radical (unpaired) electrons. The monoisotopic (exact) mass is 227 g/mol. The average Bonchev–Trinajstić information content (AvgIpc) is 2.14. The number of hydrogen-bond donors (Lipinski definition) is 2. The van der Waals surface area contributed by atoms with Crippen LogP contribution in [0.2, 0.25) is 0 Å². The lowest BCUT2D eigenvalue weighted by atomic mass is 9.96. The maximum atomic E-state index is 9.31. The highest BCUT2D eigenvalue weighted by Gasteiger charge is 2.12. The van der Waals surface area contributed by atoms with Gasteiger partial charge in [0.2, 0.25) is 0 Å². The van der Waals surface area contributed by atoms with Crippen LogP contribution in [-0.4, -0.2) is 23.8 Å². The van der Waals surface area contributed by atoms with Crippen LogP contribution in [0.5, 0.6) is 0 Å². The van der Waals surface area contributed by atoms with Crippen molar-refractivity contribution >= 4 is 0 Å². The highest BCUT2D eigenvalue weighted by Crippen LogP contribution is 2.17. The number of aliphatic hydroxyl groups excluding tert-OH is 1. The van der Waals surface area contributed by atoms with E-state index in [4.69, 9.17) is 0 Å². The molecular formula is C14H29NO. The summed E-state index contributed by atoms with van der Waals surface area (Å²) in [5.74, 6) is 0.588. The summed E-state index contributed by atoms with van der Waals surface area (Å²) in [5, 5.41) is 13.0. The second-order valence-electron chi connectivity index (χ2n) is 5.64. The summed E-state index contributed by atoms with van der Waals surface area (Å²) < 4.78 is 0. The van der Waals surface area contributed by atoms with Crippen molar-refractivity contribution in [1.29, 1.82) is 0 Å². The van der Waals surface area contributed by atoms with Gasteiger partial charge in [-0.3, -0.25) is 0 Å². The van der Waals surface area contributed by atoms with Crippen molar-refractivity contribution < 1.29 is 5.11 Å². The molecule has 0 aromatic carbocycles. The lowest BCUT2D eigenvalue weighted by Crippen LogP contribution is -2.34. The molecule has 1 saturated carbocycles. The molecule has 1 aliphatic rings. The number of hydrogen-bond acceptors (Lipinski definition) is 2. The predicted octanol–water partition coefficient (Wildman–Crippen LogP) is 3.10. The molecule has 0 saturated heterocycles. The third-order valence-corrected chi connectivity index (χ3v) is 3.60. The second-order valence-corrected chi connectivity index (χ2v) is 5.64. The number of aliphatic hydroxyl groups is 1. The quantitative estimate of drug-likeness (QED) is 0.756. The first-order valence-electron chi connectivity index (χ1n) is 7.10. The van der Waals surface area contributed by atoms with Crippen LogP contribution in [0.4, 0.5) is 0 Å². The molecule has 96 valence electrons. The van der Waals surface area contributed by atoms with E-state index in [1.807, 2.05) is 6.92 Å². The van der Waals surface area contributed by atoms with Crippen LogP contribution in [0.25, 0.3) is 0 Å². The zero-order chi connectivity index (χ0) is 11.8. The lowest BCUT2D eigenvalue weighted by Gasteiger charge is -2.23. The lowest BCUT2D eigenvalue weighted by molar-refractivity contribution is 0.161. The minimum absolute atomic E-state index is 0.158. The van der Waals surface area contributed by atoms with Crippen molar-refractivity contribution in [2.45, 2.75) is 77.4 Å². The summed E-state index contributed by atoms with van der Waals surface area (Å²) in [4.78, 5) is 0. The Morgan fingerprint density at radius 3 is 2.19 bits per heavy atom. The van der Waals surface area contributed by atoms with Gasteiger partial charge in [0.05, 0.1) is 6.10 Å². The van der Waals surface area contributed by atoms with Crippen LogP contribution in [0.15, 0.2) is 0 Å². The Morgan fingerprint density at radius 1 is 1.06 bits per heavy atom. The molecule has 0 heterocycles. The Kier molecular flexibility index (Phi) is 7.06. The van der Waals surface area contributed by atoms with Gasteiger partial charge in [0.15, 0.2) is 0 Å². The number of nitrogens with one attached hydrogen (secondary N) is 1. The van der Waals surface area contributed by atoms with Crippen LogP contribution >= 0.6 is 0 Å². The van der Waals surface area contributed by atoms with Gasteiger partial charge in [-0.25, -0.2) is 0 Å². The van der Waals surface area contributed by atoms with E-state index >= 15 is 0 Å². The molecule has 1 aliphatic carbocycles. The van der Waals surface area contributed by atoms with Crippen LogP contribution in [0.1, 0.15) is 65.2 Å². The molecule has 16 heavy (non-hydrogen) atoms.